The molecule has 64 valence electrons. The van der Waals surface area contributed by atoms with E-state index in [2.05, 4.69) is 33.9 Å². The van der Waals surface area contributed by atoms with E-state index in [9.17, 15) is 0 Å². The molecular weight excluding hydrogens is 136 g/mol. The lowest BCUT2D eigenvalue weighted by Gasteiger charge is -2.27. The van der Waals surface area contributed by atoms with Crippen LogP contribution in [0.1, 0.15) is 40.5 Å². The van der Waals surface area contributed by atoms with Gasteiger partial charge in [0, 0.05) is 12.1 Å². The molecule has 0 amide bonds. The molecule has 2 unspecified atom stereocenters. The Balaban J connectivity index is 4.06. The van der Waals surface area contributed by atoms with Crippen molar-refractivity contribution >= 4 is 0 Å². The maximum absolute atomic E-state index is 8.80. The Kier molecular flexibility index (Phi) is 4.69. The van der Waals surface area contributed by atoms with Crippen LogP contribution >= 0.6 is 0 Å². The molecule has 0 heterocycles. The molecule has 2 heteroatoms. The van der Waals surface area contributed by atoms with Gasteiger partial charge in [-0.1, -0.05) is 13.8 Å². The van der Waals surface area contributed by atoms with E-state index in [0.29, 0.717) is 12.1 Å². The second kappa shape index (κ2) is 5.01. The van der Waals surface area contributed by atoms with Crippen LogP contribution in [0.25, 0.3) is 0 Å². The summed E-state index contributed by atoms with van der Waals surface area (Å²) in [6.45, 7) is 8.40. The summed E-state index contributed by atoms with van der Waals surface area (Å²) in [7, 11) is 0. The van der Waals surface area contributed by atoms with Crippen molar-refractivity contribution in [2.24, 2.45) is 0 Å². The van der Waals surface area contributed by atoms with E-state index in [0.717, 1.165) is 12.8 Å². The Labute approximate surface area is 69.8 Å². The molecule has 11 heavy (non-hydrogen) atoms. The zero-order chi connectivity index (χ0) is 8.85. The van der Waals surface area contributed by atoms with Gasteiger partial charge in [-0.15, -0.1) is 0 Å². The van der Waals surface area contributed by atoms with Gasteiger partial charge in [-0.05, 0) is 26.7 Å². The van der Waals surface area contributed by atoms with Gasteiger partial charge in [0.15, 0.2) is 6.19 Å². The molecule has 0 radical (unpaired) electrons. The minimum atomic E-state index is 0.384. The average molecular weight is 154 g/mol. The van der Waals surface area contributed by atoms with Gasteiger partial charge < -0.3 is 4.90 Å². The van der Waals surface area contributed by atoms with Crippen molar-refractivity contribution in [3.05, 3.63) is 0 Å². The van der Waals surface area contributed by atoms with Crippen molar-refractivity contribution in [1.82, 2.24) is 4.90 Å². The molecule has 0 aromatic rings. The van der Waals surface area contributed by atoms with Gasteiger partial charge >= 0.3 is 0 Å². The topological polar surface area (TPSA) is 27.0 Å². The van der Waals surface area contributed by atoms with E-state index < -0.39 is 0 Å². The summed E-state index contributed by atoms with van der Waals surface area (Å²) in [5, 5.41) is 8.80. The Morgan fingerprint density at radius 2 is 1.55 bits per heavy atom. The lowest BCUT2D eigenvalue weighted by atomic mass is 10.1. The first-order valence-electron chi connectivity index (χ1n) is 4.35. The highest BCUT2D eigenvalue weighted by atomic mass is 15.2. The Morgan fingerprint density at radius 1 is 1.18 bits per heavy atom. The van der Waals surface area contributed by atoms with Crippen LogP contribution in [0, 0.1) is 11.5 Å². The maximum atomic E-state index is 8.80. The van der Waals surface area contributed by atoms with Gasteiger partial charge in [0.1, 0.15) is 0 Å². The molecule has 0 saturated carbocycles. The summed E-state index contributed by atoms with van der Waals surface area (Å²) in [5.74, 6) is 0. The predicted molar refractivity (Wildman–Crippen MR) is 47.0 cm³/mol. The lowest BCUT2D eigenvalue weighted by Crippen LogP contribution is -2.35. The number of nitriles is 1. The standard InChI is InChI=1S/C9H18N2/c1-5-8(3)11(7-10)9(4)6-2/h8-9H,5-6H2,1-4H3. The van der Waals surface area contributed by atoms with Crippen LogP contribution in [0.4, 0.5) is 0 Å². The van der Waals surface area contributed by atoms with Crippen molar-refractivity contribution < 1.29 is 0 Å². The van der Waals surface area contributed by atoms with E-state index in [1.165, 1.54) is 0 Å². The highest BCUT2D eigenvalue weighted by molar-refractivity contribution is 4.83. The highest BCUT2D eigenvalue weighted by Crippen LogP contribution is 2.09. The smallest absolute Gasteiger partial charge is 0.179 e. The molecule has 2 atom stereocenters. The number of nitrogens with zero attached hydrogens (tertiary/aromatic N) is 2. The molecule has 0 fully saturated rings. The van der Waals surface area contributed by atoms with E-state index in [1.54, 1.807) is 0 Å². The van der Waals surface area contributed by atoms with E-state index >= 15 is 0 Å². The third-order valence-electron chi connectivity index (χ3n) is 2.25. The summed E-state index contributed by atoms with van der Waals surface area (Å²) in [4.78, 5) is 1.88. The molecule has 0 aliphatic heterocycles. The third kappa shape index (κ3) is 2.80. The minimum Gasteiger partial charge on any atom is -0.305 e. The van der Waals surface area contributed by atoms with Crippen molar-refractivity contribution in [2.45, 2.75) is 52.6 Å². The second-order valence-electron chi connectivity index (χ2n) is 3.02. The molecule has 2 nitrogen and oxygen atoms in total. The van der Waals surface area contributed by atoms with Crippen LogP contribution in [-0.2, 0) is 0 Å². The molecule has 0 aliphatic rings. The molecule has 0 aliphatic carbocycles. The Bertz CT molecular complexity index is 127. The van der Waals surface area contributed by atoms with Gasteiger partial charge in [-0.25, -0.2) is 0 Å². The van der Waals surface area contributed by atoms with Crippen LogP contribution in [-0.4, -0.2) is 17.0 Å². The molecule has 0 spiro atoms. The normalized spacial score (nSPS) is 15.2. The molecule has 0 bridgehead atoms. The fourth-order valence-corrected chi connectivity index (χ4v) is 1.02. The van der Waals surface area contributed by atoms with Gasteiger partial charge in [-0.3, -0.25) is 0 Å². The quantitative estimate of drug-likeness (QED) is 0.459. The zero-order valence-corrected chi connectivity index (χ0v) is 7.96. The SMILES string of the molecule is CCC(C)N(C#N)C(C)CC. The summed E-state index contributed by atoms with van der Waals surface area (Å²) in [6.07, 6.45) is 4.32. The fourth-order valence-electron chi connectivity index (χ4n) is 1.02. The van der Waals surface area contributed by atoms with E-state index in [-0.39, 0.29) is 0 Å². The van der Waals surface area contributed by atoms with Crippen LogP contribution in [0.3, 0.4) is 0 Å². The van der Waals surface area contributed by atoms with Crippen molar-refractivity contribution in [1.29, 1.82) is 5.26 Å². The van der Waals surface area contributed by atoms with Crippen LogP contribution in [0.15, 0.2) is 0 Å². The second-order valence-corrected chi connectivity index (χ2v) is 3.02. The Hall–Kier alpha value is -0.710. The molecule has 0 aromatic heterocycles. The van der Waals surface area contributed by atoms with Crippen molar-refractivity contribution in [2.75, 3.05) is 0 Å². The van der Waals surface area contributed by atoms with Gasteiger partial charge in [-0.2, -0.15) is 5.26 Å². The third-order valence-corrected chi connectivity index (χ3v) is 2.25. The van der Waals surface area contributed by atoms with E-state index in [1.807, 2.05) is 4.90 Å². The first-order chi connectivity index (χ1) is 5.17. The largest absolute Gasteiger partial charge is 0.305 e. The number of hydrogen-bond donors (Lipinski definition) is 0. The molecule has 0 N–H and O–H groups in total. The van der Waals surface area contributed by atoms with Gasteiger partial charge in [0.2, 0.25) is 0 Å². The number of rotatable bonds is 4. The molecule has 0 rings (SSSR count). The van der Waals surface area contributed by atoms with E-state index in [4.69, 9.17) is 5.26 Å². The number of hydrogen-bond acceptors (Lipinski definition) is 2. The predicted octanol–water partition coefficient (Wildman–Crippen LogP) is 2.37. The summed E-state index contributed by atoms with van der Waals surface area (Å²) >= 11 is 0. The van der Waals surface area contributed by atoms with Gasteiger partial charge in [0.25, 0.3) is 0 Å². The average Bonchev–Trinajstić information content (AvgIpc) is 2.05. The zero-order valence-electron chi connectivity index (χ0n) is 7.96. The minimum absolute atomic E-state index is 0.384. The van der Waals surface area contributed by atoms with Crippen molar-refractivity contribution in [3.63, 3.8) is 0 Å². The highest BCUT2D eigenvalue weighted by Gasteiger charge is 2.14. The summed E-state index contributed by atoms with van der Waals surface area (Å²) in [5.41, 5.74) is 0. The first-order valence-corrected chi connectivity index (χ1v) is 4.35. The first kappa shape index (κ1) is 10.3. The lowest BCUT2D eigenvalue weighted by molar-refractivity contribution is 0.230. The molecular formula is C9H18N2. The van der Waals surface area contributed by atoms with Crippen molar-refractivity contribution in [3.8, 4) is 6.19 Å². The van der Waals surface area contributed by atoms with Crippen LogP contribution in [0.5, 0.6) is 0 Å². The molecule has 0 aromatic carbocycles. The fraction of sp³-hybridized carbons (Fsp3) is 0.889. The van der Waals surface area contributed by atoms with Gasteiger partial charge in [0.05, 0.1) is 0 Å². The monoisotopic (exact) mass is 154 g/mol. The molecule has 0 saturated heterocycles. The Morgan fingerprint density at radius 3 is 1.73 bits per heavy atom. The summed E-state index contributed by atoms with van der Waals surface area (Å²) in [6, 6.07) is 0.768. The maximum Gasteiger partial charge on any atom is 0.179 e. The van der Waals surface area contributed by atoms with Crippen LogP contribution < -0.4 is 0 Å². The summed E-state index contributed by atoms with van der Waals surface area (Å²) < 4.78 is 0. The van der Waals surface area contributed by atoms with Crippen LogP contribution in [0.2, 0.25) is 0 Å².